The number of unbranched alkanes of at least 4 members (excludes halogenated alkanes) is 1. The smallest absolute Gasteiger partial charge is 0.254 e. The fourth-order valence-corrected chi connectivity index (χ4v) is 4.58. The molecule has 0 unspecified atom stereocenters. The van der Waals surface area contributed by atoms with E-state index in [4.69, 9.17) is 9.52 Å². The second-order valence-corrected chi connectivity index (χ2v) is 9.22. The third kappa shape index (κ3) is 4.87. The van der Waals surface area contributed by atoms with Crippen LogP contribution in [-0.4, -0.2) is 42.7 Å². The van der Waals surface area contributed by atoms with Gasteiger partial charge < -0.3 is 14.4 Å². The maximum atomic E-state index is 13.6. The van der Waals surface area contributed by atoms with Crippen molar-refractivity contribution in [2.75, 3.05) is 26.7 Å². The van der Waals surface area contributed by atoms with Gasteiger partial charge in [0.1, 0.15) is 11.3 Å². The number of rotatable bonds is 7. The monoisotopic (exact) mass is 470 g/mol. The number of carbonyl (C=O) groups excluding carboxylic acids is 1. The van der Waals surface area contributed by atoms with Crippen molar-refractivity contribution < 1.29 is 14.3 Å². The Labute approximate surface area is 207 Å². The molecule has 1 N–H and O–H groups in total. The number of aliphatic hydroxyl groups is 1. The summed E-state index contributed by atoms with van der Waals surface area (Å²) in [5.74, 6) is 0.728. The van der Waals surface area contributed by atoms with Crippen molar-refractivity contribution in [2.24, 2.45) is 4.99 Å². The summed E-state index contributed by atoms with van der Waals surface area (Å²) in [4.78, 5) is 19.9. The van der Waals surface area contributed by atoms with E-state index < -0.39 is 0 Å². The largest absolute Gasteiger partial charge is 0.456 e. The summed E-state index contributed by atoms with van der Waals surface area (Å²) < 4.78 is 6.42. The van der Waals surface area contributed by atoms with E-state index in [0.717, 1.165) is 56.3 Å². The maximum Gasteiger partial charge on any atom is 0.254 e. The normalized spacial score (nSPS) is 12.0. The molecule has 2 aromatic rings. The molecule has 5 heteroatoms. The minimum Gasteiger partial charge on any atom is -0.456 e. The molecule has 1 amide bonds. The molecule has 182 valence electrons. The first-order valence-corrected chi connectivity index (χ1v) is 12.3. The lowest BCUT2D eigenvalue weighted by molar-refractivity contribution is 0.0791. The van der Waals surface area contributed by atoms with Crippen molar-refractivity contribution in [1.29, 1.82) is 0 Å². The molecule has 0 atom stereocenters. The number of aliphatic hydroxyl groups excluding tert-OH is 1. The van der Waals surface area contributed by atoms with Gasteiger partial charge >= 0.3 is 0 Å². The Hall–Kier alpha value is -3.44. The lowest BCUT2D eigenvalue weighted by Crippen LogP contribution is -2.28. The van der Waals surface area contributed by atoms with Crippen LogP contribution in [0.2, 0.25) is 0 Å². The van der Waals surface area contributed by atoms with Gasteiger partial charge in [0.25, 0.3) is 5.91 Å². The fraction of sp³-hybridized carbons (Fsp3) is 0.333. The van der Waals surface area contributed by atoms with Gasteiger partial charge in [-0.2, -0.15) is 0 Å². The summed E-state index contributed by atoms with van der Waals surface area (Å²) in [7, 11) is 1.82. The van der Waals surface area contributed by atoms with E-state index in [-0.39, 0.29) is 12.5 Å². The Kier molecular flexibility index (Phi) is 7.37. The molecule has 0 radical (unpaired) electrons. The first-order chi connectivity index (χ1) is 16.8. The van der Waals surface area contributed by atoms with E-state index in [1.54, 1.807) is 4.90 Å². The Balaban J connectivity index is 2.02. The topological polar surface area (TPSA) is 66.0 Å². The van der Waals surface area contributed by atoms with E-state index in [1.807, 2.05) is 44.3 Å². The Morgan fingerprint density at radius 1 is 0.971 bits per heavy atom. The molecular formula is C30H34N2O3. The van der Waals surface area contributed by atoms with Gasteiger partial charge in [-0.15, -0.1) is 0 Å². The van der Waals surface area contributed by atoms with Crippen molar-refractivity contribution in [3.8, 4) is 22.5 Å². The van der Waals surface area contributed by atoms with Crippen LogP contribution in [0.3, 0.4) is 0 Å². The molecule has 1 aliphatic carbocycles. The van der Waals surface area contributed by atoms with Gasteiger partial charge in [-0.3, -0.25) is 9.79 Å². The van der Waals surface area contributed by atoms with Crippen molar-refractivity contribution in [1.82, 2.24) is 4.90 Å². The first kappa shape index (κ1) is 24.7. The predicted octanol–water partition coefficient (Wildman–Crippen LogP) is 5.89. The van der Waals surface area contributed by atoms with E-state index in [9.17, 15) is 4.79 Å². The van der Waals surface area contributed by atoms with Gasteiger partial charge in [0.15, 0.2) is 0 Å². The maximum absolute atomic E-state index is 13.6. The van der Waals surface area contributed by atoms with E-state index in [0.29, 0.717) is 25.1 Å². The highest BCUT2D eigenvalue weighted by molar-refractivity contribution is 6.09. The molecule has 35 heavy (non-hydrogen) atoms. The van der Waals surface area contributed by atoms with Gasteiger partial charge in [0.2, 0.25) is 0 Å². The van der Waals surface area contributed by atoms with Crippen LogP contribution in [0.15, 0.2) is 57.9 Å². The van der Waals surface area contributed by atoms with Crippen LogP contribution in [0.5, 0.6) is 0 Å². The van der Waals surface area contributed by atoms with Crippen LogP contribution in [0, 0.1) is 20.8 Å². The first-order valence-electron chi connectivity index (χ1n) is 12.3. The minimum atomic E-state index is -0.0289. The molecule has 2 aliphatic rings. The zero-order valence-corrected chi connectivity index (χ0v) is 21.3. The number of amides is 1. The Morgan fingerprint density at radius 3 is 2.46 bits per heavy atom. The molecule has 0 bridgehead atoms. The highest BCUT2D eigenvalue weighted by Crippen LogP contribution is 2.42. The Bertz CT molecular complexity index is 1420. The summed E-state index contributed by atoms with van der Waals surface area (Å²) in [5, 5.41) is 11.0. The van der Waals surface area contributed by atoms with Crippen molar-refractivity contribution in [3.05, 3.63) is 76.1 Å². The van der Waals surface area contributed by atoms with Crippen LogP contribution in [0.1, 0.15) is 46.8 Å². The zero-order chi connectivity index (χ0) is 25.1. The van der Waals surface area contributed by atoms with Crippen LogP contribution in [0.25, 0.3) is 33.4 Å². The highest BCUT2D eigenvalue weighted by Gasteiger charge is 2.23. The summed E-state index contributed by atoms with van der Waals surface area (Å²) >= 11 is 0. The lowest BCUT2D eigenvalue weighted by atomic mass is 9.88. The van der Waals surface area contributed by atoms with E-state index in [1.165, 1.54) is 5.56 Å². The molecule has 2 aromatic carbocycles. The van der Waals surface area contributed by atoms with Crippen LogP contribution in [-0.2, 0) is 0 Å². The van der Waals surface area contributed by atoms with Gasteiger partial charge in [-0.05, 0) is 87.1 Å². The summed E-state index contributed by atoms with van der Waals surface area (Å²) in [6.07, 6.45) is 1.44. The SMILES string of the molecule is CC/N=c1\cc2oc3cc(C)c(C)cc3c(-c3ccccc3C(=O)N(C)CCCCO)c-2cc1C. The number of nitrogens with zero attached hydrogens (tertiary/aromatic N) is 2. The minimum absolute atomic E-state index is 0.0289. The third-order valence-corrected chi connectivity index (χ3v) is 6.66. The molecule has 0 fully saturated rings. The number of fused-ring (bicyclic) bond motifs is 2. The van der Waals surface area contributed by atoms with Crippen LogP contribution in [0.4, 0.5) is 0 Å². The predicted molar refractivity (Wildman–Crippen MR) is 142 cm³/mol. The van der Waals surface area contributed by atoms with Gasteiger partial charge in [-0.25, -0.2) is 0 Å². The van der Waals surface area contributed by atoms with Crippen LogP contribution >= 0.6 is 0 Å². The summed E-state index contributed by atoms with van der Waals surface area (Å²) in [6, 6.07) is 16.2. The zero-order valence-electron chi connectivity index (χ0n) is 21.3. The average Bonchev–Trinajstić information content (AvgIpc) is 2.84. The second kappa shape index (κ2) is 10.4. The average molecular weight is 471 g/mol. The summed E-state index contributed by atoms with van der Waals surface area (Å²) in [5.41, 5.74) is 7.72. The quantitative estimate of drug-likeness (QED) is 0.270. The number of hydrogen-bond acceptors (Lipinski definition) is 4. The van der Waals surface area contributed by atoms with Crippen molar-refractivity contribution >= 4 is 16.9 Å². The van der Waals surface area contributed by atoms with Crippen molar-refractivity contribution in [3.63, 3.8) is 0 Å². The molecule has 1 aliphatic heterocycles. The molecular weight excluding hydrogens is 436 g/mol. The van der Waals surface area contributed by atoms with E-state index in [2.05, 4.69) is 44.0 Å². The molecule has 4 rings (SSSR count). The lowest BCUT2D eigenvalue weighted by Gasteiger charge is -2.22. The summed E-state index contributed by atoms with van der Waals surface area (Å²) in [6.45, 7) is 9.70. The molecule has 5 nitrogen and oxygen atoms in total. The van der Waals surface area contributed by atoms with E-state index >= 15 is 0 Å². The molecule has 1 heterocycles. The molecule has 0 saturated heterocycles. The van der Waals surface area contributed by atoms with Gasteiger partial charge in [0.05, 0.1) is 5.36 Å². The van der Waals surface area contributed by atoms with Crippen molar-refractivity contribution in [2.45, 2.75) is 40.5 Å². The van der Waals surface area contributed by atoms with Crippen LogP contribution < -0.4 is 5.36 Å². The standard InChI is InChI=1S/C30H34N2O3/c1-6-31-26-18-28-25(16-21(26)4)29(24-15-19(2)20(3)17-27(24)35-28)22-11-7-8-12-23(22)30(34)32(5)13-9-10-14-33/h7-8,11-12,15-18,33H,6,9-10,13-14H2,1-5H3/b31-26+. The van der Waals surface area contributed by atoms with Gasteiger partial charge in [0, 0.05) is 54.9 Å². The highest BCUT2D eigenvalue weighted by atomic mass is 16.3. The Morgan fingerprint density at radius 2 is 1.71 bits per heavy atom. The number of aryl methyl sites for hydroxylation is 3. The van der Waals surface area contributed by atoms with Gasteiger partial charge in [-0.1, -0.05) is 18.2 Å². The molecule has 0 saturated carbocycles. The third-order valence-electron chi connectivity index (χ3n) is 6.66. The number of hydrogen-bond donors (Lipinski definition) is 1. The number of benzene rings is 3. The number of carbonyl (C=O) groups is 1. The fourth-order valence-electron chi connectivity index (χ4n) is 4.58. The molecule has 0 spiro atoms. The molecule has 0 aromatic heterocycles. The second-order valence-electron chi connectivity index (χ2n) is 9.22.